The molecule has 31 heavy (non-hydrogen) atoms. The quantitative estimate of drug-likeness (QED) is 0.366. The van der Waals surface area contributed by atoms with Crippen molar-refractivity contribution in [2.75, 3.05) is 0 Å². The van der Waals surface area contributed by atoms with Crippen LogP contribution in [0.15, 0.2) is 120 Å². The number of benzene rings is 4. The van der Waals surface area contributed by atoms with Crippen LogP contribution < -0.4 is 5.32 Å². The van der Waals surface area contributed by atoms with Gasteiger partial charge in [0.05, 0.1) is 17.1 Å². The molecule has 5 aromatic rings. The molecule has 1 aromatic heterocycles. The maximum Gasteiger partial charge on any atom is 0.208 e. The van der Waals surface area contributed by atoms with Crippen molar-refractivity contribution < 1.29 is 0 Å². The molecule has 3 nitrogen and oxygen atoms in total. The lowest BCUT2D eigenvalue weighted by atomic mass is 10.0. The Hall–Kier alpha value is -4.11. The number of hydrogen-bond acceptors (Lipinski definition) is 2. The van der Waals surface area contributed by atoms with E-state index in [1.54, 1.807) is 0 Å². The molecule has 4 aromatic carbocycles. The average Bonchev–Trinajstić information content (AvgIpc) is 3.19. The van der Waals surface area contributed by atoms with Crippen LogP contribution in [0.3, 0.4) is 0 Å². The summed E-state index contributed by atoms with van der Waals surface area (Å²) < 4.78 is 2.25. The summed E-state index contributed by atoms with van der Waals surface area (Å²) in [4.78, 5) is 5.16. The maximum absolute atomic E-state index is 5.16. The van der Waals surface area contributed by atoms with Crippen LogP contribution in [-0.4, -0.2) is 10.5 Å². The van der Waals surface area contributed by atoms with Gasteiger partial charge in [-0.1, -0.05) is 97.1 Å². The molecule has 1 unspecified atom stereocenters. The predicted molar refractivity (Wildman–Crippen MR) is 129 cm³/mol. The number of nitrogens with zero attached hydrogens (tertiary/aromatic N) is 2. The van der Waals surface area contributed by atoms with Crippen LogP contribution in [0.25, 0.3) is 27.5 Å². The van der Waals surface area contributed by atoms with Crippen molar-refractivity contribution in [2.45, 2.75) is 6.04 Å². The van der Waals surface area contributed by atoms with Gasteiger partial charge in [0.2, 0.25) is 5.96 Å². The van der Waals surface area contributed by atoms with Gasteiger partial charge >= 0.3 is 0 Å². The van der Waals surface area contributed by atoms with E-state index in [9.17, 15) is 0 Å². The molecule has 0 aliphatic carbocycles. The van der Waals surface area contributed by atoms with Gasteiger partial charge in [-0.2, -0.15) is 0 Å². The van der Waals surface area contributed by atoms with Crippen LogP contribution in [0.2, 0.25) is 0 Å². The highest BCUT2D eigenvalue weighted by Crippen LogP contribution is 2.32. The van der Waals surface area contributed by atoms with E-state index < -0.39 is 0 Å². The van der Waals surface area contributed by atoms with Crippen molar-refractivity contribution in [3.05, 3.63) is 126 Å². The monoisotopic (exact) mass is 399 g/mol. The summed E-state index contributed by atoms with van der Waals surface area (Å²) in [7, 11) is 0. The van der Waals surface area contributed by atoms with Crippen molar-refractivity contribution in [3.8, 4) is 0 Å². The molecule has 0 fully saturated rings. The van der Waals surface area contributed by atoms with Crippen molar-refractivity contribution in [2.24, 2.45) is 4.99 Å². The summed E-state index contributed by atoms with van der Waals surface area (Å²) in [5.74, 6) is 0.840. The van der Waals surface area contributed by atoms with E-state index in [0.29, 0.717) is 0 Å². The Kier molecular flexibility index (Phi) is 4.17. The number of fused-ring (bicyclic) bond motifs is 3. The largest absolute Gasteiger partial charge is 0.325 e. The Labute approximate surface area is 181 Å². The third-order valence-electron chi connectivity index (χ3n) is 5.85. The van der Waals surface area contributed by atoms with E-state index in [2.05, 4.69) is 113 Å². The second kappa shape index (κ2) is 7.29. The van der Waals surface area contributed by atoms with Crippen molar-refractivity contribution in [3.63, 3.8) is 0 Å². The smallest absolute Gasteiger partial charge is 0.208 e. The molecule has 6 rings (SSSR count). The lowest BCUT2D eigenvalue weighted by Crippen LogP contribution is -2.32. The third-order valence-corrected chi connectivity index (χ3v) is 5.85. The molecule has 0 bridgehead atoms. The summed E-state index contributed by atoms with van der Waals surface area (Å²) in [6, 6.07) is 37.9. The molecule has 0 saturated heterocycles. The first-order valence-corrected chi connectivity index (χ1v) is 10.5. The van der Waals surface area contributed by atoms with Crippen LogP contribution in [0, 0.1) is 0 Å². The number of para-hydroxylation sites is 2. The number of rotatable bonds is 2. The fraction of sp³-hybridized carbons (Fsp3) is 0.0357. The average molecular weight is 399 g/mol. The van der Waals surface area contributed by atoms with E-state index >= 15 is 0 Å². The van der Waals surface area contributed by atoms with Gasteiger partial charge in [0.15, 0.2) is 0 Å². The molecule has 0 radical (unpaired) electrons. The van der Waals surface area contributed by atoms with Crippen LogP contribution in [0.4, 0.5) is 0 Å². The standard InChI is InChI=1S/C28H21N3/c1-3-11-20(12-4-1)24-19-25(21-13-5-2-6-14-21)30-28(29-24)31-26-17-9-7-15-22(26)23-16-8-10-18-27(23)31/h1-19,24H,(H,29,30). The lowest BCUT2D eigenvalue weighted by Gasteiger charge is -2.24. The van der Waals surface area contributed by atoms with Gasteiger partial charge < -0.3 is 5.32 Å². The molecule has 1 atom stereocenters. The van der Waals surface area contributed by atoms with Crippen LogP contribution in [0.1, 0.15) is 17.2 Å². The highest BCUT2D eigenvalue weighted by atomic mass is 15.2. The normalized spacial score (nSPS) is 16.1. The van der Waals surface area contributed by atoms with E-state index in [4.69, 9.17) is 4.99 Å². The minimum Gasteiger partial charge on any atom is -0.325 e. The number of nitrogens with one attached hydrogen (secondary N) is 1. The molecule has 1 aliphatic rings. The van der Waals surface area contributed by atoms with Crippen molar-refractivity contribution >= 4 is 33.5 Å². The molecule has 1 aliphatic heterocycles. The highest BCUT2D eigenvalue weighted by molar-refractivity contribution is 6.14. The first-order chi connectivity index (χ1) is 15.4. The number of aliphatic imine (C=N–C) groups is 1. The van der Waals surface area contributed by atoms with Gasteiger partial charge in [0.25, 0.3) is 0 Å². The van der Waals surface area contributed by atoms with E-state index in [1.807, 2.05) is 12.1 Å². The molecule has 1 N–H and O–H groups in total. The van der Waals surface area contributed by atoms with Crippen LogP contribution in [0.5, 0.6) is 0 Å². The van der Waals surface area contributed by atoms with E-state index in [0.717, 1.165) is 28.3 Å². The summed E-state index contributed by atoms with van der Waals surface area (Å²) in [6.07, 6.45) is 2.21. The molecule has 3 heteroatoms. The molecule has 0 spiro atoms. The fourth-order valence-corrected chi connectivity index (χ4v) is 4.39. The predicted octanol–water partition coefficient (Wildman–Crippen LogP) is 6.38. The van der Waals surface area contributed by atoms with Gasteiger partial charge in [-0.15, -0.1) is 0 Å². The minimum atomic E-state index is -0.0624. The maximum atomic E-state index is 5.16. The SMILES string of the molecule is C1=C(c2ccccc2)NC(n2c3ccccc3c3ccccc32)=NC1c1ccccc1. The molecule has 0 amide bonds. The Morgan fingerprint density at radius 2 is 1.16 bits per heavy atom. The van der Waals surface area contributed by atoms with Gasteiger partial charge in [0.1, 0.15) is 0 Å². The minimum absolute atomic E-state index is 0.0624. The van der Waals surface area contributed by atoms with Crippen molar-refractivity contribution in [1.82, 2.24) is 9.88 Å². The zero-order chi connectivity index (χ0) is 20.6. The Morgan fingerprint density at radius 3 is 1.81 bits per heavy atom. The van der Waals surface area contributed by atoms with E-state index in [-0.39, 0.29) is 6.04 Å². The second-order valence-electron chi connectivity index (χ2n) is 7.75. The molecular weight excluding hydrogens is 378 g/mol. The Morgan fingerprint density at radius 1 is 0.613 bits per heavy atom. The Balaban J connectivity index is 1.59. The van der Waals surface area contributed by atoms with Gasteiger partial charge in [-0.3, -0.25) is 4.57 Å². The van der Waals surface area contributed by atoms with Crippen LogP contribution in [-0.2, 0) is 0 Å². The number of aromatic nitrogens is 1. The van der Waals surface area contributed by atoms with Crippen molar-refractivity contribution in [1.29, 1.82) is 0 Å². The first-order valence-electron chi connectivity index (χ1n) is 10.5. The summed E-state index contributed by atoms with van der Waals surface area (Å²) in [6.45, 7) is 0. The topological polar surface area (TPSA) is 29.3 Å². The first kappa shape index (κ1) is 17.7. The highest BCUT2D eigenvalue weighted by Gasteiger charge is 2.22. The third kappa shape index (κ3) is 3.03. The number of hydrogen-bond donors (Lipinski definition) is 1. The zero-order valence-electron chi connectivity index (χ0n) is 16.9. The van der Waals surface area contributed by atoms with E-state index in [1.165, 1.54) is 16.3 Å². The Bertz CT molecular complexity index is 1390. The molecule has 2 heterocycles. The molecule has 0 saturated carbocycles. The van der Waals surface area contributed by atoms with Gasteiger partial charge in [-0.05, 0) is 29.3 Å². The summed E-state index contributed by atoms with van der Waals surface area (Å²) in [5.41, 5.74) is 5.70. The second-order valence-corrected chi connectivity index (χ2v) is 7.75. The summed E-state index contributed by atoms with van der Waals surface area (Å²) >= 11 is 0. The molecular formula is C28H21N3. The fourth-order valence-electron chi connectivity index (χ4n) is 4.39. The summed E-state index contributed by atoms with van der Waals surface area (Å²) in [5, 5.41) is 6.09. The zero-order valence-corrected chi connectivity index (χ0v) is 16.9. The van der Waals surface area contributed by atoms with Gasteiger partial charge in [0, 0.05) is 16.5 Å². The van der Waals surface area contributed by atoms with Gasteiger partial charge in [-0.25, -0.2) is 4.99 Å². The van der Waals surface area contributed by atoms with Crippen LogP contribution >= 0.6 is 0 Å². The molecule has 148 valence electrons. The lowest BCUT2D eigenvalue weighted by molar-refractivity contribution is 0.860.